The minimum Gasteiger partial charge on any atom is -0.393 e. The molecular formula is C11H20N2O3. The van der Waals surface area contributed by atoms with Gasteiger partial charge in [0.1, 0.15) is 6.10 Å². The Labute approximate surface area is 95.8 Å². The first-order valence-corrected chi connectivity index (χ1v) is 5.64. The third-order valence-corrected chi connectivity index (χ3v) is 2.69. The molecule has 3 unspecified atom stereocenters. The predicted octanol–water partition coefficient (Wildman–Crippen LogP) is 2.04. The van der Waals surface area contributed by atoms with E-state index in [9.17, 15) is 5.11 Å². The molecule has 5 nitrogen and oxygen atoms in total. The zero-order valence-electron chi connectivity index (χ0n) is 10.3. The number of nitrogens with zero attached hydrogens (tertiary/aromatic N) is 2. The van der Waals surface area contributed by atoms with Crippen LogP contribution >= 0.6 is 0 Å². The van der Waals surface area contributed by atoms with Crippen molar-refractivity contribution in [3.63, 3.8) is 0 Å². The Balaban J connectivity index is 2.76. The molecule has 0 aromatic carbocycles. The maximum absolute atomic E-state index is 9.42. The monoisotopic (exact) mass is 228 g/mol. The van der Waals surface area contributed by atoms with Crippen molar-refractivity contribution in [2.75, 3.05) is 7.11 Å². The Bertz CT molecular complexity index is 312. The molecule has 1 aromatic rings. The van der Waals surface area contributed by atoms with E-state index in [1.54, 1.807) is 14.0 Å². The van der Waals surface area contributed by atoms with E-state index in [2.05, 4.69) is 17.1 Å². The molecule has 0 saturated heterocycles. The molecule has 0 spiro atoms. The summed E-state index contributed by atoms with van der Waals surface area (Å²) in [5, 5.41) is 13.3. The van der Waals surface area contributed by atoms with Crippen molar-refractivity contribution in [3.8, 4) is 0 Å². The summed E-state index contributed by atoms with van der Waals surface area (Å²) in [5.41, 5.74) is 0. The Hall–Kier alpha value is -0.940. The van der Waals surface area contributed by atoms with Gasteiger partial charge in [-0.05, 0) is 13.3 Å². The summed E-state index contributed by atoms with van der Waals surface area (Å²) in [6, 6.07) is 0. The average Bonchev–Trinajstić information content (AvgIpc) is 2.73. The summed E-state index contributed by atoms with van der Waals surface area (Å²) in [4.78, 5) is 4.26. The lowest BCUT2D eigenvalue weighted by Crippen LogP contribution is -2.11. The van der Waals surface area contributed by atoms with Crippen molar-refractivity contribution in [1.82, 2.24) is 10.1 Å². The van der Waals surface area contributed by atoms with Crippen molar-refractivity contribution < 1.29 is 14.4 Å². The van der Waals surface area contributed by atoms with Gasteiger partial charge in [0.25, 0.3) is 0 Å². The molecule has 0 saturated carbocycles. The third kappa shape index (κ3) is 3.02. The van der Waals surface area contributed by atoms with Crippen LogP contribution in [0.4, 0.5) is 0 Å². The fraction of sp³-hybridized carbons (Fsp3) is 0.818. The third-order valence-electron chi connectivity index (χ3n) is 2.69. The summed E-state index contributed by atoms with van der Waals surface area (Å²) in [6.45, 7) is 5.63. The molecule has 1 aromatic heterocycles. The van der Waals surface area contributed by atoms with Crippen LogP contribution in [0.25, 0.3) is 0 Å². The van der Waals surface area contributed by atoms with Gasteiger partial charge in [0.15, 0.2) is 0 Å². The Morgan fingerprint density at radius 2 is 2.12 bits per heavy atom. The molecule has 1 heterocycles. The summed E-state index contributed by atoms with van der Waals surface area (Å²) in [7, 11) is 1.63. The maximum Gasteiger partial charge on any atom is 0.232 e. The number of aromatic nitrogens is 2. The summed E-state index contributed by atoms with van der Waals surface area (Å²) in [5.74, 6) is 0.871. The van der Waals surface area contributed by atoms with E-state index in [0.29, 0.717) is 11.7 Å². The average molecular weight is 228 g/mol. The highest BCUT2D eigenvalue weighted by atomic mass is 16.5. The van der Waals surface area contributed by atoms with Crippen molar-refractivity contribution in [3.05, 3.63) is 11.7 Å². The SMILES string of the molecule is CCCC(OC)c1noc(C(C)C(C)O)n1. The quantitative estimate of drug-likeness (QED) is 0.807. The number of ether oxygens (including phenoxy) is 1. The zero-order chi connectivity index (χ0) is 12.1. The summed E-state index contributed by atoms with van der Waals surface area (Å²) < 4.78 is 10.4. The number of aliphatic hydroxyl groups is 1. The van der Waals surface area contributed by atoms with Crippen LogP contribution < -0.4 is 0 Å². The van der Waals surface area contributed by atoms with Crippen molar-refractivity contribution in [1.29, 1.82) is 0 Å². The van der Waals surface area contributed by atoms with Crippen molar-refractivity contribution in [2.24, 2.45) is 0 Å². The van der Waals surface area contributed by atoms with Crippen LogP contribution in [0.15, 0.2) is 4.52 Å². The number of hydrogen-bond acceptors (Lipinski definition) is 5. The minimum atomic E-state index is -0.500. The van der Waals surface area contributed by atoms with Gasteiger partial charge in [-0.15, -0.1) is 0 Å². The van der Waals surface area contributed by atoms with Gasteiger partial charge in [0.05, 0.1) is 12.0 Å². The van der Waals surface area contributed by atoms with Gasteiger partial charge < -0.3 is 14.4 Å². The van der Waals surface area contributed by atoms with Crippen LogP contribution in [0.3, 0.4) is 0 Å². The molecule has 0 aliphatic heterocycles. The zero-order valence-corrected chi connectivity index (χ0v) is 10.3. The highest BCUT2D eigenvalue weighted by Gasteiger charge is 2.22. The summed E-state index contributed by atoms with van der Waals surface area (Å²) in [6.07, 6.45) is 1.23. The first-order chi connectivity index (χ1) is 7.60. The fourth-order valence-corrected chi connectivity index (χ4v) is 1.38. The maximum atomic E-state index is 9.42. The van der Waals surface area contributed by atoms with Crippen LogP contribution in [0.1, 0.15) is 57.3 Å². The van der Waals surface area contributed by atoms with E-state index in [0.717, 1.165) is 12.8 Å². The lowest BCUT2D eigenvalue weighted by Gasteiger charge is -2.09. The molecule has 5 heteroatoms. The van der Waals surface area contributed by atoms with Crippen LogP contribution in [0.2, 0.25) is 0 Å². The minimum absolute atomic E-state index is 0.122. The van der Waals surface area contributed by atoms with E-state index in [4.69, 9.17) is 9.26 Å². The van der Waals surface area contributed by atoms with Gasteiger partial charge in [0.2, 0.25) is 11.7 Å². The molecule has 0 amide bonds. The van der Waals surface area contributed by atoms with Gasteiger partial charge in [-0.1, -0.05) is 25.4 Å². The molecule has 1 N–H and O–H groups in total. The molecule has 0 aliphatic rings. The van der Waals surface area contributed by atoms with Gasteiger partial charge in [-0.25, -0.2) is 0 Å². The topological polar surface area (TPSA) is 68.4 Å². The van der Waals surface area contributed by atoms with Crippen LogP contribution in [0, 0.1) is 0 Å². The standard InChI is InChI=1S/C11H20N2O3/c1-5-6-9(15-4)10-12-11(16-13-10)7(2)8(3)14/h7-9,14H,5-6H2,1-4H3. The van der Waals surface area contributed by atoms with Crippen LogP contribution in [-0.2, 0) is 4.74 Å². The van der Waals surface area contributed by atoms with Crippen molar-refractivity contribution >= 4 is 0 Å². The number of rotatable bonds is 6. The normalized spacial score (nSPS) is 17.1. The molecule has 0 aliphatic carbocycles. The molecule has 1 rings (SSSR count). The first kappa shape index (κ1) is 13.1. The second-order valence-electron chi connectivity index (χ2n) is 4.03. The van der Waals surface area contributed by atoms with Crippen LogP contribution in [0.5, 0.6) is 0 Å². The smallest absolute Gasteiger partial charge is 0.232 e. The first-order valence-electron chi connectivity index (χ1n) is 5.64. The lowest BCUT2D eigenvalue weighted by atomic mass is 10.1. The van der Waals surface area contributed by atoms with Gasteiger partial charge in [0, 0.05) is 7.11 Å². The number of hydrogen-bond donors (Lipinski definition) is 1. The number of methoxy groups -OCH3 is 1. The molecular weight excluding hydrogens is 208 g/mol. The largest absolute Gasteiger partial charge is 0.393 e. The van der Waals surface area contributed by atoms with E-state index in [1.807, 2.05) is 6.92 Å². The van der Waals surface area contributed by atoms with Gasteiger partial charge >= 0.3 is 0 Å². The van der Waals surface area contributed by atoms with E-state index in [-0.39, 0.29) is 12.0 Å². The van der Waals surface area contributed by atoms with E-state index in [1.165, 1.54) is 0 Å². The van der Waals surface area contributed by atoms with E-state index < -0.39 is 6.10 Å². The fourth-order valence-electron chi connectivity index (χ4n) is 1.38. The highest BCUT2D eigenvalue weighted by molar-refractivity contribution is 4.97. The Morgan fingerprint density at radius 1 is 1.44 bits per heavy atom. The highest BCUT2D eigenvalue weighted by Crippen LogP contribution is 2.22. The number of aliphatic hydroxyl groups excluding tert-OH is 1. The second kappa shape index (κ2) is 5.96. The Kier molecular flexibility index (Phi) is 4.89. The lowest BCUT2D eigenvalue weighted by molar-refractivity contribution is 0.0854. The molecule has 0 radical (unpaired) electrons. The van der Waals surface area contributed by atoms with Crippen LogP contribution in [-0.4, -0.2) is 28.5 Å². The predicted molar refractivity (Wildman–Crippen MR) is 59.1 cm³/mol. The molecule has 16 heavy (non-hydrogen) atoms. The van der Waals surface area contributed by atoms with Gasteiger partial charge in [-0.2, -0.15) is 4.98 Å². The molecule has 0 bridgehead atoms. The van der Waals surface area contributed by atoms with Gasteiger partial charge in [-0.3, -0.25) is 0 Å². The summed E-state index contributed by atoms with van der Waals surface area (Å²) >= 11 is 0. The van der Waals surface area contributed by atoms with Crippen molar-refractivity contribution in [2.45, 2.75) is 51.7 Å². The van der Waals surface area contributed by atoms with E-state index >= 15 is 0 Å². The molecule has 92 valence electrons. The second-order valence-corrected chi connectivity index (χ2v) is 4.03. The molecule has 0 fully saturated rings. The Morgan fingerprint density at radius 3 is 2.62 bits per heavy atom. The molecule has 3 atom stereocenters.